The maximum absolute atomic E-state index is 12.4. The first kappa shape index (κ1) is 27.9. The molecule has 0 atom stereocenters. The molecule has 0 aliphatic rings. The fourth-order valence-corrected chi connectivity index (χ4v) is 3.71. The molecule has 11 nitrogen and oxygen atoms in total. The molecular formula is C20H30O11S. The summed E-state index contributed by atoms with van der Waals surface area (Å²) in [5, 5.41) is 39.4. The topological polar surface area (TPSA) is 188 Å². The largest absolute Gasteiger partial charge is 0.404 e. The van der Waals surface area contributed by atoms with Crippen molar-refractivity contribution in [1.82, 2.24) is 0 Å². The Kier molecular flexibility index (Phi) is 10.2. The number of carbonyl (C=O) groups excluding carboxylic acids is 2. The quantitative estimate of drug-likeness (QED) is 0.120. The minimum Gasteiger partial charge on any atom is -0.404 e. The lowest BCUT2D eigenvalue weighted by atomic mass is 10.1. The van der Waals surface area contributed by atoms with Gasteiger partial charge >= 0.3 is 23.9 Å². The molecule has 0 fully saturated rings. The minimum absolute atomic E-state index is 0.293. The highest BCUT2D eigenvalue weighted by atomic mass is 32.2. The summed E-state index contributed by atoms with van der Waals surface area (Å²) in [4.78, 5) is 23.6. The van der Waals surface area contributed by atoms with Gasteiger partial charge in [0.15, 0.2) is 0 Å². The van der Waals surface area contributed by atoms with Gasteiger partial charge in [-0.05, 0) is 25.0 Å². The Labute approximate surface area is 186 Å². The lowest BCUT2D eigenvalue weighted by Gasteiger charge is -2.23. The fraction of sp³-hybridized carbons (Fsp3) is 0.600. The van der Waals surface area contributed by atoms with E-state index in [0.29, 0.717) is 25.7 Å². The van der Waals surface area contributed by atoms with Crippen molar-refractivity contribution in [3.8, 4) is 0 Å². The van der Waals surface area contributed by atoms with Crippen molar-refractivity contribution in [3.05, 3.63) is 29.3 Å². The molecule has 1 aromatic rings. The highest BCUT2D eigenvalue weighted by Gasteiger charge is 2.36. The average molecular weight is 479 g/mol. The van der Waals surface area contributed by atoms with Gasteiger partial charge in [-0.15, -0.1) is 0 Å². The molecule has 182 valence electrons. The average Bonchev–Trinajstić information content (AvgIpc) is 2.66. The zero-order valence-corrected chi connectivity index (χ0v) is 18.8. The van der Waals surface area contributed by atoms with E-state index in [4.69, 9.17) is 0 Å². The van der Waals surface area contributed by atoms with Gasteiger partial charge in [-0.25, -0.2) is 9.59 Å². The van der Waals surface area contributed by atoms with Crippen LogP contribution in [0.25, 0.3) is 0 Å². The number of rotatable bonds is 13. The first-order valence-corrected chi connectivity index (χ1v) is 11.6. The SMILES string of the molecule is CCCCCC(O)(O)OC(=O)c1cccc(C(=O)OC(O)(O)CCCCC)c1S(=O)(=O)O. The highest BCUT2D eigenvalue weighted by Crippen LogP contribution is 2.26. The molecule has 0 radical (unpaired) electrons. The van der Waals surface area contributed by atoms with Crippen LogP contribution >= 0.6 is 0 Å². The number of hydrogen-bond acceptors (Lipinski definition) is 10. The Hall–Kier alpha value is -2.09. The molecule has 0 heterocycles. The highest BCUT2D eigenvalue weighted by molar-refractivity contribution is 7.86. The number of esters is 2. The molecule has 0 saturated carbocycles. The van der Waals surface area contributed by atoms with E-state index >= 15 is 0 Å². The van der Waals surface area contributed by atoms with Gasteiger partial charge in [0.2, 0.25) is 0 Å². The third kappa shape index (κ3) is 8.81. The first-order chi connectivity index (χ1) is 14.7. The van der Waals surface area contributed by atoms with Crippen molar-refractivity contribution < 1.29 is 52.5 Å². The molecule has 0 saturated heterocycles. The third-order valence-corrected chi connectivity index (χ3v) is 5.39. The lowest BCUT2D eigenvalue weighted by molar-refractivity contribution is -0.312. The van der Waals surface area contributed by atoms with E-state index in [2.05, 4.69) is 9.47 Å². The molecule has 0 aromatic heterocycles. The van der Waals surface area contributed by atoms with E-state index < -0.39 is 50.0 Å². The third-order valence-electron chi connectivity index (χ3n) is 4.44. The van der Waals surface area contributed by atoms with Crippen LogP contribution < -0.4 is 0 Å². The van der Waals surface area contributed by atoms with Gasteiger partial charge in [0.1, 0.15) is 4.90 Å². The smallest absolute Gasteiger partial charge is 0.343 e. The van der Waals surface area contributed by atoms with Crippen LogP contribution in [0.4, 0.5) is 0 Å². The summed E-state index contributed by atoms with van der Waals surface area (Å²) in [5.41, 5.74) is -1.75. The summed E-state index contributed by atoms with van der Waals surface area (Å²) in [6, 6.07) is 2.79. The molecule has 5 N–H and O–H groups in total. The van der Waals surface area contributed by atoms with Gasteiger partial charge < -0.3 is 29.9 Å². The zero-order valence-electron chi connectivity index (χ0n) is 18.0. The maximum atomic E-state index is 12.4. The van der Waals surface area contributed by atoms with E-state index in [1.165, 1.54) is 0 Å². The van der Waals surface area contributed by atoms with Gasteiger partial charge in [0, 0.05) is 12.8 Å². The van der Waals surface area contributed by atoms with Crippen LogP contribution in [-0.4, -0.2) is 57.3 Å². The van der Waals surface area contributed by atoms with Crippen molar-refractivity contribution in [2.45, 2.75) is 82.1 Å². The molecule has 0 bridgehead atoms. The van der Waals surface area contributed by atoms with E-state index in [1.807, 2.05) is 13.8 Å². The molecular weight excluding hydrogens is 448 g/mol. The molecule has 0 amide bonds. The number of aliphatic hydroxyl groups is 4. The Morgan fingerprint density at radius 2 is 1.19 bits per heavy atom. The number of ether oxygens (including phenoxy) is 2. The van der Waals surface area contributed by atoms with Crippen molar-refractivity contribution >= 4 is 22.1 Å². The molecule has 32 heavy (non-hydrogen) atoms. The Balaban J connectivity index is 3.23. The summed E-state index contributed by atoms with van der Waals surface area (Å²) >= 11 is 0. The first-order valence-electron chi connectivity index (χ1n) is 10.2. The standard InChI is InChI=1S/C20H30O11S/c1-3-5-7-12-19(23,24)30-17(21)14-10-9-11-15(16(14)32(27,28)29)18(22)31-20(25,26)13-8-6-4-2/h9-11,23-26H,3-8,12-13H2,1-2H3,(H,27,28,29). The summed E-state index contributed by atoms with van der Waals surface area (Å²) in [5.74, 6) is -8.92. The van der Waals surface area contributed by atoms with Crippen LogP contribution in [0.2, 0.25) is 0 Å². The predicted octanol–water partition coefficient (Wildman–Crippen LogP) is 1.68. The summed E-state index contributed by atoms with van der Waals surface area (Å²) in [6.07, 6.45) is 2.59. The Morgan fingerprint density at radius 1 is 0.812 bits per heavy atom. The molecule has 12 heteroatoms. The number of benzene rings is 1. The lowest BCUT2D eigenvalue weighted by Crippen LogP contribution is -2.36. The fourth-order valence-electron chi connectivity index (χ4n) is 2.86. The van der Waals surface area contributed by atoms with Crippen LogP contribution in [0.1, 0.15) is 85.9 Å². The molecule has 1 rings (SSSR count). The van der Waals surface area contributed by atoms with Gasteiger partial charge in [0.25, 0.3) is 10.1 Å². The van der Waals surface area contributed by atoms with Crippen molar-refractivity contribution in [2.75, 3.05) is 0 Å². The van der Waals surface area contributed by atoms with Crippen molar-refractivity contribution in [3.63, 3.8) is 0 Å². The van der Waals surface area contributed by atoms with Crippen molar-refractivity contribution in [2.24, 2.45) is 0 Å². The van der Waals surface area contributed by atoms with Crippen LogP contribution in [0.15, 0.2) is 23.1 Å². The second-order valence-electron chi connectivity index (χ2n) is 7.34. The summed E-state index contributed by atoms with van der Waals surface area (Å²) in [7, 11) is -5.24. The molecule has 0 aliphatic carbocycles. The molecule has 1 aromatic carbocycles. The van der Waals surface area contributed by atoms with E-state index in [-0.39, 0.29) is 12.8 Å². The van der Waals surface area contributed by atoms with E-state index in [9.17, 15) is 43.0 Å². The van der Waals surface area contributed by atoms with Gasteiger partial charge in [-0.2, -0.15) is 8.42 Å². The molecule has 0 aliphatic heterocycles. The normalized spacial score (nSPS) is 12.5. The molecule has 0 spiro atoms. The Bertz CT molecular complexity index is 837. The van der Waals surface area contributed by atoms with E-state index in [1.54, 1.807) is 0 Å². The van der Waals surface area contributed by atoms with Crippen LogP contribution in [-0.2, 0) is 19.6 Å². The van der Waals surface area contributed by atoms with E-state index in [0.717, 1.165) is 31.0 Å². The zero-order chi connectivity index (χ0) is 24.6. The maximum Gasteiger partial charge on any atom is 0.343 e. The van der Waals surface area contributed by atoms with Gasteiger partial charge in [0.05, 0.1) is 11.1 Å². The number of hydrogen-bond donors (Lipinski definition) is 5. The second kappa shape index (κ2) is 11.7. The van der Waals surface area contributed by atoms with Gasteiger partial charge in [-0.3, -0.25) is 4.55 Å². The second-order valence-corrected chi connectivity index (χ2v) is 8.70. The summed E-state index contributed by atoms with van der Waals surface area (Å²) in [6.45, 7) is 3.73. The van der Waals surface area contributed by atoms with Crippen LogP contribution in [0, 0.1) is 0 Å². The minimum atomic E-state index is -5.24. The van der Waals surface area contributed by atoms with Crippen LogP contribution in [0.3, 0.4) is 0 Å². The van der Waals surface area contributed by atoms with Crippen LogP contribution in [0.5, 0.6) is 0 Å². The summed E-state index contributed by atoms with van der Waals surface area (Å²) < 4.78 is 42.6. The van der Waals surface area contributed by atoms with Gasteiger partial charge in [-0.1, -0.05) is 45.6 Å². The predicted molar refractivity (Wildman–Crippen MR) is 110 cm³/mol. The molecule has 0 unspecified atom stereocenters. The Morgan fingerprint density at radius 3 is 1.50 bits per heavy atom. The number of carbonyl (C=O) groups is 2. The monoisotopic (exact) mass is 478 g/mol. The number of unbranched alkanes of at least 4 members (excludes halogenated alkanes) is 4. The van der Waals surface area contributed by atoms with Crippen molar-refractivity contribution in [1.29, 1.82) is 0 Å².